The van der Waals surface area contributed by atoms with Crippen LogP contribution < -0.4 is 16.5 Å². The Labute approximate surface area is 255 Å². The number of hydrogen-bond donors (Lipinski definition) is 2. The molecule has 1 saturated heterocycles. The molecule has 1 fully saturated rings. The average Bonchev–Trinajstić information content (AvgIpc) is 3.76. The first-order valence-electron chi connectivity index (χ1n) is 14.3. The summed E-state index contributed by atoms with van der Waals surface area (Å²) in [4.78, 5) is 48.9. The van der Waals surface area contributed by atoms with Crippen LogP contribution in [0.3, 0.4) is 0 Å². The van der Waals surface area contributed by atoms with Crippen molar-refractivity contribution < 1.29 is 18.8 Å². The van der Waals surface area contributed by atoms with Crippen molar-refractivity contribution >= 4 is 34.6 Å². The predicted octanol–water partition coefficient (Wildman–Crippen LogP) is 2.02. The Hall–Kier alpha value is -5.79. The lowest BCUT2D eigenvalue weighted by Crippen LogP contribution is -2.42. The van der Waals surface area contributed by atoms with Crippen molar-refractivity contribution in [3.63, 3.8) is 0 Å². The number of rotatable bonds is 6. The minimum Gasteiger partial charge on any atom is -0.364 e. The molecule has 2 aromatic carbocycles. The van der Waals surface area contributed by atoms with Gasteiger partial charge in [0, 0.05) is 30.1 Å². The number of primary amides is 1. The van der Waals surface area contributed by atoms with Gasteiger partial charge in [0.05, 0.1) is 30.5 Å². The fourth-order valence-electron chi connectivity index (χ4n) is 5.86. The van der Waals surface area contributed by atoms with Crippen molar-refractivity contribution in [1.29, 1.82) is 0 Å². The van der Waals surface area contributed by atoms with Crippen LogP contribution in [0.5, 0.6) is 0 Å². The molecule has 226 valence electrons. The number of benzene rings is 2. The second-order valence-electron chi connectivity index (χ2n) is 10.9. The Kier molecular flexibility index (Phi) is 7.08. The molecule has 0 bridgehead atoms. The summed E-state index contributed by atoms with van der Waals surface area (Å²) in [5.41, 5.74) is 8.85. The highest BCUT2D eigenvalue weighted by atomic mass is 19.1. The van der Waals surface area contributed by atoms with Gasteiger partial charge in [-0.3, -0.25) is 19.1 Å². The van der Waals surface area contributed by atoms with Gasteiger partial charge >= 0.3 is 0 Å². The minimum absolute atomic E-state index is 0.0160. The van der Waals surface area contributed by atoms with Crippen LogP contribution in [0.1, 0.15) is 28.5 Å². The van der Waals surface area contributed by atoms with E-state index in [-0.39, 0.29) is 36.7 Å². The van der Waals surface area contributed by atoms with E-state index >= 15 is 0 Å². The Bertz CT molecular complexity index is 2010. The van der Waals surface area contributed by atoms with Crippen molar-refractivity contribution in [2.45, 2.75) is 37.8 Å². The summed E-state index contributed by atoms with van der Waals surface area (Å²) >= 11 is 0. The number of amides is 3. The number of halogens is 1. The predicted molar refractivity (Wildman–Crippen MR) is 160 cm³/mol. The topological polar surface area (TPSA) is 166 Å². The minimum atomic E-state index is -1.40. The Morgan fingerprint density at radius 3 is 2.64 bits per heavy atom. The molecule has 0 saturated carbocycles. The lowest BCUT2D eigenvalue weighted by Gasteiger charge is -2.21. The highest BCUT2D eigenvalue weighted by molar-refractivity contribution is 6.05. The van der Waals surface area contributed by atoms with E-state index in [9.17, 15) is 18.8 Å². The molecule has 3 amide bonds. The molecule has 3 atom stereocenters. The number of nitrogens with two attached hydrogens (primary N) is 1. The molecule has 45 heavy (non-hydrogen) atoms. The van der Waals surface area contributed by atoms with Crippen LogP contribution in [-0.2, 0) is 22.7 Å². The van der Waals surface area contributed by atoms with Gasteiger partial charge in [-0.25, -0.2) is 4.39 Å². The van der Waals surface area contributed by atoms with Gasteiger partial charge in [0.25, 0.3) is 11.8 Å². The monoisotopic (exact) mass is 606 g/mol. The average molecular weight is 607 g/mol. The van der Waals surface area contributed by atoms with Gasteiger partial charge in [0.2, 0.25) is 11.9 Å². The van der Waals surface area contributed by atoms with Gasteiger partial charge < -0.3 is 20.5 Å². The molecular weight excluding hydrogens is 579 g/mol. The van der Waals surface area contributed by atoms with Crippen molar-refractivity contribution in [2.24, 2.45) is 10.7 Å². The van der Waals surface area contributed by atoms with Crippen molar-refractivity contribution in [1.82, 2.24) is 34.4 Å². The standard InChI is InChI=1S/C31H27FN10O3/c32-21-13-25(30(45)37-26-9-11-40-16-23(36-31(40)38-26)18-4-2-1-3-5-18)41(15-21)27(43)17-42-24-7-6-19(20-8-10-34-35-14-20)12-22(24)28(39-42)29(33)44/h1-12,14,21,23,25H,13,15-17H2,(H2,33,44)(H,36,37,38,45). The number of fused-ring (bicyclic) bond motifs is 2. The number of hydrogen-bond acceptors (Lipinski definition) is 8. The van der Waals surface area contributed by atoms with Crippen molar-refractivity contribution in [3.8, 4) is 11.1 Å². The van der Waals surface area contributed by atoms with E-state index in [1.54, 1.807) is 48.9 Å². The number of nitrogens with one attached hydrogen (secondary N) is 1. The molecule has 2 aliphatic rings. The first-order chi connectivity index (χ1) is 21.8. The summed E-state index contributed by atoms with van der Waals surface area (Å²) in [6.45, 7) is 0.0609. The first kappa shape index (κ1) is 28.0. The number of alkyl halides is 1. The molecular formula is C31H27FN10O3. The third-order valence-electron chi connectivity index (χ3n) is 8.05. The molecule has 0 radical (unpaired) electrons. The Balaban J connectivity index is 1.12. The molecule has 2 aliphatic heterocycles. The van der Waals surface area contributed by atoms with Crippen LogP contribution in [0.25, 0.3) is 22.0 Å². The second kappa shape index (κ2) is 11.4. The van der Waals surface area contributed by atoms with Crippen LogP contribution in [0, 0.1) is 0 Å². The number of anilines is 1. The van der Waals surface area contributed by atoms with E-state index in [4.69, 9.17) is 5.73 Å². The summed E-state index contributed by atoms with van der Waals surface area (Å²) in [7, 11) is 0. The third-order valence-corrected chi connectivity index (χ3v) is 8.05. The van der Waals surface area contributed by atoms with Crippen molar-refractivity contribution in [2.75, 3.05) is 11.9 Å². The molecule has 5 heterocycles. The summed E-state index contributed by atoms with van der Waals surface area (Å²) in [5.74, 6) is -1.42. The molecule has 3 unspecified atom stereocenters. The van der Waals surface area contributed by atoms with E-state index in [1.807, 2.05) is 34.9 Å². The maximum atomic E-state index is 14.7. The lowest BCUT2D eigenvalue weighted by atomic mass is 10.0. The second-order valence-corrected chi connectivity index (χ2v) is 10.9. The van der Waals surface area contributed by atoms with Crippen LogP contribution in [-0.4, -0.2) is 70.9 Å². The van der Waals surface area contributed by atoms with Gasteiger partial charge in [-0.15, -0.1) is 0 Å². The summed E-state index contributed by atoms with van der Waals surface area (Å²) in [6, 6.07) is 17.5. The fourth-order valence-corrected chi connectivity index (χ4v) is 5.86. The molecule has 0 spiro atoms. The van der Waals surface area contributed by atoms with E-state index in [0.29, 0.717) is 23.4 Å². The zero-order chi connectivity index (χ0) is 31.1. The van der Waals surface area contributed by atoms with Gasteiger partial charge in [0.1, 0.15) is 18.8 Å². The summed E-state index contributed by atoms with van der Waals surface area (Å²) in [6.07, 6.45) is 3.33. The van der Waals surface area contributed by atoms with E-state index in [2.05, 4.69) is 30.6 Å². The molecule has 3 N–H and O–H groups in total. The van der Waals surface area contributed by atoms with Crippen LogP contribution in [0.4, 0.5) is 10.3 Å². The van der Waals surface area contributed by atoms with Gasteiger partial charge in [-0.05, 0) is 35.4 Å². The number of aromatic nitrogens is 6. The normalized spacial score (nSPS) is 19.4. The quantitative estimate of drug-likeness (QED) is 0.296. The SMILES string of the molecule is NC(=O)c1nn(CC(=O)N2CC(F)CC2C(=O)N=c2ccn3c(n2)NC(c2ccccc2)C3)c2ccc(-c3ccnnc3)cc12. The van der Waals surface area contributed by atoms with Gasteiger partial charge in [-0.1, -0.05) is 36.4 Å². The smallest absolute Gasteiger partial charge is 0.270 e. The molecule has 13 nitrogen and oxygen atoms in total. The van der Waals surface area contributed by atoms with Gasteiger partial charge in [0.15, 0.2) is 11.2 Å². The number of nitrogens with zero attached hydrogens (tertiary/aromatic N) is 8. The first-order valence-corrected chi connectivity index (χ1v) is 14.3. The van der Waals surface area contributed by atoms with Crippen molar-refractivity contribution in [3.05, 3.63) is 96.0 Å². The zero-order valence-corrected chi connectivity index (χ0v) is 23.8. The molecule has 5 aromatic rings. The van der Waals surface area contributed by atoms with Crippen LogP contribution >= 0.6 is 0 Å². The Morgan fingerprint density at radius 2 is 1.87 bits per heavy atom. The zero-order valence-electron chi connectivity index (χ0n) is 23.8. The van der Waals surface area contributed by atoms with Crippen LogP contribution in [0.15, 0.2) is 84.2 Å². The van der Waals surface area contributed by atoms with E-state index < -0.39 is 29.9 Å². The Morgan fingerprint density at radius 1 is 1.02 bits per heavy atom. The highest BCUT2D eigenvalue weighted by Gasteiger charge is 2.40. The molecule has 7 rings (SSSR count). The number of carbonyl (C=O) groups excluding carboxylic acids is 3. The number of carbonyl (C=O) groups is 3. The fraction of sp³-hybridized carbons (Fsp3) is 0.226. The highest BCUT2D eigenvalue weighted by Crippen LogP contribution is 2.28. The van der Waals surface area contributed by atoms with E-state index in [0.717, 1.165) is 16.7 Å². The molecule has 0 aliphatic carbocycles. The largest absolute Gasteiger partial charge is 0.364 e. The lowest BCUT2D eigenvalue weighted by molar-refractivity contribution is -0.137. The van der Waals surface area contributed by atoms with Crippen LogP contribution in [0.2, 0.25) is 0 Å². The molecule has 3 aromatic heterocycles. The summed E-state index contributed by atoms with van der Waals surface area (Å²) < 4.78 is 17.9. The molecule has 14 heteroatoms. The third kappa shape index (κ3) is 5.41. The summed E-state index contributed by atoms with van der Waals surface area (Å²) in [5, 5.41) is 15.7. The number of likely N-dealkylation sites (tertiary alicyclic amines) is 1. The van der Waals surface area contributed by atoms with E-state index in [1.165, 1.54) is 9.58 Å². The van der Waals surface area contributed by atoms with Gasteiger partial charge in [-0.2, -0.15) is 25.3 Å². The maximum absolute atomic E-state index is 14.7. The maximum Gasteiger partial charge on any atom is 0.270 e.